The smallest absolute Gasteiger partial charge is 0.306 e. The number of benzene rings is 1. The first kappa shape index (κ1) is 19.5. The molecule has 0 bridgehead atoms. The number of nitrogens with one attached hydrogen (secondary N) is 1. The maximum Gasteiger partial charge on any atom is 0.306 e. The maximum atomic E-state index is 12.4. The molecular formula is C18H25N5O3. The third kappa shape index (κ3) is 5.32. The summed E-state index contributed by atoms with van der Waals surface area (Å²) in [5, 5.41) is 10.3. The largest absolute Gasteiger partial charge is 0.481 e. The van der Waals surface area contributed by atoms with Crippen molar-refractivity contribution in [2.24, 2.45) is 28.1 Å². The van der Waals surface area contributed by atoms with Crippen molar-refractivity contribution in [2.75, 3.05) is 6.54 Å². The van der Waals surface area contributed by atoms with Crippen molar-refractivity contribution in [3.63, 3.8) is 0 Å². The topological polar surface area (TPSA) is 161 Å². The minimum atomic E-state index is -1.01. The molecule has 0 unspecified atom stereocenters. The quantitative estimate of drug-likeness (QED) is 0.239. The number of fused-ring (bicyclic) bond motifs is 1. The fourth-order valence-electron chi connectivity index (χ4n) is 2.90. The lowest BCUT2D eigenvalue weighted by atomic mass is 9.92. The van der Waals surface area contributed by atoms with Gasteiger partial charge in [-0.05, 0) is 30.9 Å². The van der Waals surface area contributed by atoms with E-state index in [4.69, 9.17) is 17.2 Å². The van der Waals surface area contributed by atoms with Crippen LogP contribution in [0.15, 0.2) is 35.5 Å². The normalized spacial score (nSPS) is 13.3. The second kappa shape index (κ2) is 9.00. The number of para-hydroxylation sites is 1. The third-order valence-electron chi connectivity index (χ3n) is 4.33. The third-order valence-corrected chi connectivity index (χ3v) is 4.33. The van der Waals surface area contributed by atoms with Gasteiger partial charge in [-0.3, -0.25) is 14.6 Å². The molecular weight excluding hydrogens is 334 g/mol. The predicted octanol–water partition coefficient (Wildman–Crippen LogP) is 0.751. The summed E-state index contributed by atoms with van der Waals surface area (Å²) in [5.74, 6) is -2.09. The number of carbonyl (C=O) groups excluding carboxylic acids is 1. The lowest BCUT2D eigenvalue weighted by Gasteiger charge is -2.15. The molecule has 0 amide bonds. The Morgan fingerprint density at radius 2 is 1.96 bits per heavy atom. The molecule has 1 aromatic carbocycles. The number of nitrogens with zero attached hydrogens (tertiary/aromatic N) is 1. The van der Waals surface area contributed by atoms with Gasteiger partial charge >= 0.3 is 5.97 Å². The Kier molecular flexibility index (Phi) is 6.74. The van der Waals surface area contributed by atoms with Crippen LogP contribution in [-0.4, -0.2) is 40.4 Å². The number of aromatic amines is 1. The number of carboxylic acid groups (broad SMARTS) is 1. The number of hydrogen-bond acceptors (Lipinski definition) is 4. The van der Waals surface area contributed by atoms with E-state index < -0.39 is 17.9 Å². The van der Waals surface area contributed by atoms with E-state index in [0.29, 0.717) is 25.8 Å². The number of carbonyl (C=O) groups is 2. The number of rotatable bonds is 10. The van der Waals surface area contributed by atoms with Gasteiger partial charge in [0.05, 0.1) is 12.0 Å². The number of H-pyrrole nitrogens is 1. The number of aliphatic carboxylic acids is 1. The van der Waals surface area contributed by atoms with Gasteiger partial charge in [-0.25, -0.2) is 0 Å². The van der Waals surface area contributed by atoms with E-state index in [0.717, 1.165) is 16.5 Å². The first-order valence-electron chi connectivity index (χ1n) is 8.50. The predicted molar refractivity (Wildman–Crippen MR) is 101 cm³/mol. The first-order valence-corrected chi connectivity index (χ1v) is 8.50. The second-order valence-electron chi connectivity index (χ2n) is 6.32. The van der Waals surface area contributed by atoms with Crippen LogP contribution < -0.4 is 17.2 Å². The molecule has 1 aromatic heterocycles. The monoisotopic (exact) mass is 359 g/mol. The maximum absolute atomic E-state index is 12.4. The van der Waals surface area contributed by atoms with Gasteiger partial charge in [0.15, 0.2) is 11.7 Å². The Labute approximate surface area is 151 Å². The summed E-state index contributed by atoms with van der Waals surface area (Å²) in [7, 11) is 0. The molecule has 0 aliphatic carbocycles. The summed E-state index contributed by atoms with van der Waals surface area (Å²) in [6.45, 7) is 0.335. The van der Waals surface area contributed by atoms with Crippen molar-refractivity contribution in [2.45, 2.75) is 31.7 Å². The van der Waals surface area contributed by atoms with Crippen molar-refractivity contribution in [3.8, 4) is 0 Å². The van der Waals surface area contributed by atoms with Gasteiger partial charge < -0.3 is 27.3 Å². The van der Waals surface area contributed by atoms with Gasteiger partial charge in [-0.1, -0.05) is 18.2 Å². The van der Waals surface area contributed by atoms with Gasteiger partial charge in [0.1, 0.15) is 0 Å². The number of guanidine groups is 1. The zero-order valence-corrected chi connectivity index (χ0v) is 14.5. The Morgan fingerprint density at radius 3 is 2.65 bits per heavy atom. The molecule has 0 fully saturated rings. The van der Waals surface area contributed by atoms with Crippen molar-refractivity contribution in [1.82, 2.24) is 4.98 Å². The molecule has 2 aromatic rings. The van der Waals surface area contributed by atoms with Gasteiger partial charge in [0.25, 0.3) is 0 Å². The molecule has 0 saturated heterocycles. The van der Waals surface area contributed by atoms with Crippen LogP contribution in [0, 0.1) is 5.92 Å². The second-order valence-corrected chi connectivity index (χ2v) is 6.32. The van der Waals surface area contributed by atoms with E-state index in [1.807, 2.05) is 30.5 Å². The summed E-state index contributed by atoms with van der Waals surface area (Å²) >= 11 is 0. The summed E-state index contributed by atoms with van der Waals surface area (Å²) in [6.07, 6.45) is 2.91. The molecule has 0 aliphatic rings. The SMILES string of the molecule is NC(N)=NCCC[C@@H](CC(=O)[C@@H](N)Cc1c[nH]c2ccccc12)C(=O)O. The first-order chi connectivity index (χ1) is 12.4. The molecule has 0 saturated carbocycles. The van der Waals surface area contributed by atoms with Gasteiger partial charge in [0.2, 0.25) is 0 Å². The molecule has 0 spiro atoms. The number of aromatic nitrogens is 1. The average Bonchev–Trinajstić information content (AvgIpc) is 3.00. The van der Waals surface area contributed by atoms with E-state index in [1.54, 1.807) is 0 Å². The van der Waals surface area contributed by atoms with E-state index in [2.05, 4.69) is 9.98 Å². The lowest BCUT2D eigenvalue weighted by Crippen LogP contribution is -2.35. The highest BCUT2D eigenvalue weighted by atomic mass is 16.4. The van der Waals surface area contributed by atoms with Crippen LogP contribution in [0.1, 0.15) is 24.8 Å². The Morgan fingerprint density at radius 1 is 1.23 bits per heavy atom. The molecule has 0 radical (unpaired) electrons. The Bertz CT molecular complexity index is 795. The number of hydrogen-bond donors (Lipinski definition) is 5. The van der Waals surface area contributed by atoms with Crippen molar-refractivity contribution in [1.29, 1.82) is 0 Å². The Hall–Kier alpha value is -2.87. The lowest BCUT2D eigenvalue weighted by molar-refractivity contribution is -0.144. The van der Waals surface area contributed by atoms with Gasteiger partial charge in [-0.2, -0.15) is 0 Å². The van der Waals surface area contributed by atoms with Crippen molar-refractivity contribution in [3.05, 3.63) is 36.0 Å². The van der Waals surface area contributed by atoms with Crippen LogP contribution >= 0.6 is 0 Å². The number of ketones is 1. The van der Waals surface area contributed by atoms with Crippen molar-refractivity contribution < 1.29 is 14.7 Å². The summed E-state index contributed by atoms with van der Waals surface area (Å²) in [4.78, 5) is 30.7. The summed E-state index contributed by atoms with van der Waals surface area (Å²) in [5.41, 5.74) is 18.4. The summed E-state index contributed by atoms with van der Waals surface area (Å²) in [6, 6.07) is 7.01. The van der Waals surface area contributed by atoms with Gasteiger partial charge in [-0.15, -0.1) is 0 Å². The molecule has 8 heteroatoms. The van der Waals surface area contributed by atoms with E-state index in [1.165, 1.54) is 0 Å². The summed E-state index contributed by atoms with van der Waals surface area (Å²) < 4.78 is 0. The Balaban J connectivity index is 1.93. The van der Waals surface area contributed by atoms with E-state index in [9.17, 15) is 14.7 Å². The average molecular weight is 359 g/mol. The number of aliphatic imine (C=N–C) groups is 1. The van der Waals surface area contributed by atoms with Gasteiger partial charge in [0, 0.05) is 30.1 Å². The van der Waals surface area contributed by atoms with Crippen LogP contribution in [0.4, 0.5) is 0 Å². The highest BCUT2D eigenvalue weighted by Gasteiger charge is 2.24. The van der Waals surface area contributed by atoms with Crippen LogP contribution in [0.2, 0.25) is 0 Å². The molecule has 140 valence electrons. The zero-order valence-electron chi connectivity index (χ0n) is 14.5. The molecule has 2 atom stereocenters. The molecule has 8 N–H and O–H groups in total. The standard InChI is InChI=1S/C18H25N5O3/c19-14(8-12-10-23-15-6-2-1-5-13(12)15)16(24)9-11(17(25)26)4-3-7-22-18(20)21/h1-2,5-6,10-11,14,23H,3-4,7-9,19H2,(H,25,26)(H4,20,21,22)/t11-,14-/m0/s1. The number of carboxylic acids is 1. The molecule has 0 aliphatic heterocycles. The van der Waals surface area contributed by atoms with Crippen LogP contribution in [-0.2, 0) is 16.0 Å². The number of Topliss-reactive ketones (excluding diaryl/α,β-unsaturated/α-hetero) is 1. The molecule has 26 heavy (non-hydrogen) atoms. The van der Waals surface area contributed by atoms with Crippen LogP contribution in [0.3, 0.4) is 0 Å². The fourth-order valence-corrected chi connectivity index (χ4v) is 2.90. The highest BCUT2D eigenvalue weighted by Crippen LogP contribution is 2.20. The van der Waals surface area contributed by atoms with E-state index >= 15 is 0 Å². The molecule has 1 heterocycles. The highest BCUT2D eigenvalue weighted by molar-refractivity contribution is 5.89. The molecule has 2 rings (SSSR count). The van der Waals surface area contributed by atoms with Crippen LogP contribution in [0.25, 0.3) is 10.9 Å². The minimum absolute atomic E-state index is 0.0336. The number of nitrogens with two attached hydrogens (primary N) is 3. The minimum Gasteiger partial charge on any atom is -0.481 e. The molecule has 8 nitrogen and oxygen atoms in total. The van der Waals surface area contributed by atoms with E-state index in [-0.39, 0.29) is 18.2 Å². The fraction of sp³-hybridized carbons (Fsp3) is 0.389. The van der Waals surface area contributed by atoms with Crippen molar-refractivity contribution >= 4 is 28.6 Å². The zero-order chi connectivity index (χ0) is 19.1. The van der Waals surface area contributed by atoms with Crippen LogP contribution in [0.5, 0.6) is 0 Å².